The van der Waals surface area contributed by atoms with E-state index in [0.29, 0.717) is 0 Å². The van der Waals surface area contributed by atoms with Gasteiger partial charge >= 0.3 is 0 Å². The lowest BCUT2D eigenvalue weighted by Crippen LogP contribution is -2.44. The second kappa shape index (κ2) is 9.80. The molecule has 1 fully saturated rings. The van der Waals surface area contributed by atoms with Gasteiger partial charge in [0.2, 0.25) is 0 Å². The number of hydrogen-bond donors (Lipinski definition) is 1. The predicted molar refractivity (Wildman–Crippen MR) is 89.1 cm³/mol. The number of ether oxygens (including phenoxy) is 1. The van der Waals surface area contributed by atoms with E-state index < -0.39 is 0 Å². The summed E-state index contributed by atoms with van der Waals surface area (Å²) in [5.74, 6) is 1.01. The minimum atomic E-state index is 0.847. The van der Waals surface area contributed by atoms with Crippen LogP contribution in [0.5, 0.6) is 5.75 Å². The molecule has 0 saturated carbocycles. The van der Waals surface area contributed by atoms with Crippen molar-refractivity contribution in [2.75, 3.05) is 39.3 Å². The fraction of sp³-hybridized carbons (Fsp3) is 0.667. The number of nitrogens with one attached hydrogen (secondary N) is 1. The maximum Gasteiger partial charge on any atom is 0.119 e. The summed E-state index contributed by atoms with van der Waals surface area (Å²) in [6.45, 7) is 8.87. The summed E-state index contributed by atoms with van der Waals surface area (Å²) in [6.07, 6.45) is 6.17. The fourth-order valence-electron chi connectivity index (χ4n) is 2.69. The van der Waals surface area contributed by atoms with E-state index in [1.807, 2.05) is 0 Å². The minimum absolute atomic E-state index is 0.847. The van der Waals surface area contributed by atoms with Gasteiger partial charge in [-0.2, -0.15) is 0 Å². The molecule has 3 nitrogen and oxygen atoms in total. The lowest BCUT2D eigenvalue weighted by Gasteiger charge is -2.27. The highest BCUT2D eigenvalue weighted by Gasteiger charge is 2.08. The van der Waals surface area contributed by atoms with Crippen molar-refractivity contribution in [3.05, 3.63) is 29.8 Å². The first-order chi connectivity index (χ1) is 10.4. The van der Waals surface area contributed by atoms with Crippen molar-refractivity contribution in [1.82, 2.24) is 10.2 Å². The smallest absolute Gasteiger partial charge is 0.119 e. The van der Waals surface area contributed by atoms with Gasteiger partial charge in [0.05, 0.1) is 6.61 Å². The van der Waals surface area contributed by atoms with Crippen molar-refractivity contribution in [2.24, 2.45) is 0 Å². The Kier molecular flexibility index (Phi) is 7.61. The Balaban J connectivity index is 1.64. The Hall–Kier alpha value is -1.06. The van der Waals surface area contributed by atoms with Crippen LogP contribution in [0.2, 0.25) is 0 Å². The molecule has 1 aromatic carbocycles. The summed E-state index contributed by atoms with van der Waals surface area (Å²) < 4.78 is 5.78. The van der Waals surface area contributed by atoms with Crippen molar-refractivity contribution in [3.63, 3.8) is 0 Å². The third kappa shape index (κ3) is 6.49. The topological polar surface area (TPSA) is 24.5 Å². The van der Waals surface area contributed by atoms with Crippen molar-refractivity contribution < 1.29 is 4.74 Å². The molecule has 1 N–H and O–H groups in total. The minimum Gasteiger partial charge on any atom is -0.494 e. The molecule has 0 amide bonds. The van der Waals surface area contributed by atoms with Crippen molar-refractivity contribution in [3.8, 4) is 5.75 Å². The molecule has 1 aliphatic rings. The van der Waals surface area contributed by atoms with Gasteiger partial charge in [-0.15, -0.1) is 0 Å². The van der Waals surface area contributed by atoms with E-state index >= 15 is 0 Å². The Labute approximate surface area is 129 Å². The van der Waals surface area contributed by atoms with Gasteiger partial charge in [0.25, 0.3) is 0 Å². The van der Waals surface area contributed by atoms with Crippen LogP contribution in [-0.2, 0) is 6.42 Å². The standard InChI is InChI=1S/C18H30N2O/c1-2-3-4-5-16-21-18-8-6-17(7-9-18)10-13-20-14-11-19-12-15-20/h6-9,19H,2-5,10-16H2,1H3. The van der Waals surface area contributed by atoms with Gasteiger partial charge in [-0.25, -0.2) is 0 Å². The molecule has 0 aromatic heterocycles. The third-order valence-electron chi connectivity index (χ3n) is 4.12. The Morgan fingerprint density at radius 1 is 1.05 bits per heavy atom. The van der Waals surface area contributed by atoms with Crippen LogP contribution in [0.1, 0.15) is 38.2 Å². The van der Waals surface area contributed by atoms with Crippen molar-refractivity contribution in [2.45, 2.75) is 39.0 Å². The van der Waals surface area contributed by atoms with Crippen LogP contribution >= 0.6 is 0 Å². The van der Waals surface area contributed by atoms with E-state index in [9.17, 15) is 0 Å². The van der Waals surface area contributed by atoms with Crippen molar-refractivity contribution in [1.29, 1.82) is 0 Å². The van der Waals surface area contributed by atoms with E-state index in [2.05, 4.69) is 41.4 Å². The number of benzene rings is 1. The molecule has 0 aliphatic carbocycles. The third-order valence-corrected chi connectivity index (χ3v) is 4.12. The average Bonchev–Trinajstić information content (AvgIpc) is 2.55. The first kappa shape index (κ1) is 16.3. The molecule has 3 heteroatoms. The monoisotopic (exact) mass is 290 g/mol. The number of hydrogen-bond acceptors (Lipinski definition) is 3. The van der Waals surface area contributed by atoms with Crippen LogP contribution in [0.25, 0.3) is 0 Å². The molecule has 1 heterocycles. The summed E-state index contributed by atoms with van der Waals surface area (Å²) in [5.41, 5.74) is 1.41. The zero-order chi connectivity index (χ0) is 14.8. The molecule has 0 spiro atoms. The van der Waals surface area contributed by atoms with E-state index in [-0.39, 0.29) is 0 Å². The molecule has 1 aromatic rings. The highest BCUT2D eigenvalue weighted by atomic mass is 16.5. The highest BCUT2D eigenvalue weighted by Crippen LogP contribution is 2.14. The highest BCUT2D eigenvalue weighted by molar-refractivity contribution is 5.27. The molecule has 118 valence electrons. The molecule has 2 rings (SSSR count). The Morgan fingerprint density at radius 2 is 1.81 bits per heavy atom. The normalized spacial score (nSPS) is 16.0. The number of nitrogens with zero attached hydrogens (tertiary/aromatic N) is 1. The average molecular weight is 290 g/mol. The van der Waals surface area contributed by atoms with Crippen LogP contribution in [0, 0.1) is 0 Å². The van der Waals surface area contributed by atoms with Crippen LogP contribution in [-0.4, -0.2) is 44.2 Å². The molecular formula is C18H30N2O. The molecule has 1 saturated heterocycles. The lowest BCUT2D eigenvalue weighted by molar-refractivity contribution is 0.244. The molecule has 0 atom stereocenters. The number of rotatable bonds is 9. The predicted octanol–water partition coefficient (Wildman–Crippen LogP) is 3.09. The second-order valence-electron chi connectivity index (χ2n) is 5.89. The Morgan fingerprint density at radius 3 is 2.52 bits per heavy atom. The molecule has 0 bridgehead atoms. The Bertz CT molecular complexity index is 371. The molecular weight excluding hydrogens is 260 g/mol. The van der Waals surface area contributed by atoms with Gasteiger partial charge in [-0.3, -0.25) is 0 Å². The number of piperazine rings is 1. The second-order valence-corrected chi connectivity index (χ2v) is 5.89. The van der Waals surface area contributed by atoms with E-state index in [0.717, 1.165) is 31.9 Å². The summed E-state index contributed by atoms with van der Waals surface area (Å²) in [5, 5.41) is 3.39. The summed E-state index contributed by atoms with van der Waals surface area (Å²) >= 11 is 0. The molecule has 0 radical (unpaired) electrons. The lowest BCUT2D eigenvalue weighted by atomic mass is 10.1. The SMILES string of the molecule is CCCCCCOc1ccc(CCN2CCNCC2)cc1. The molecule has 0 unspecified atom stereocenters. The number of unbranched alkanes of at least 4 members (excludes halogenated alkanes) is 3. The van der Waals surface area contributed by atoms with Gasteiger partial charge < -0.3 is 15.0 Å². The van der Waals surface area contributed by atoms with Crippen LogP contribution in [0.15, 0.2) is 24.3 Å². The van der Waals surface area contributed by atoms with E-state index in [1.165, 1.54) is 50.9 Å². The first-order valence-electron chi connectivity index (χ1n) is 8.53. The van der Waals surface area contributed by atoms with Gasteiger partial charge in [0, 0.05) is 32.7 Å². The van der Waals surface area contributed by atoms with Crippen LogP contribution < -0.4 is 10.1 Å². The van der Waals surface area contributed by atoms with Crippen LogP contribution in [0.3, 0.4) is 0 Å². The van der Waals surface area contributed by atoms with Gasteiger partial charge in [0.15, 0.2) is 0 Å². The first-order valence-corrected chi connectivity index (χ1v) is 8.53. The fourth-order valence-corrected chi connectivity index (χ4v) is 2.69. The zero-order valence-corrected chi connectivity index (χ0v) is 13.4. The van der Waals surface area contributed by atoms with Crippen LogP contribution in [0.4, 0.5) is 0 Å². The van der Waals surface area contributed by atoms with Gasteiger partial charge in [-0.1, -0.05) is 38.3 Å². The van der Waals surface area contributed by atoms with Gasteiger partial charge in [-0.05, 0) is 30.5 Å². The summed E-state index contributed by atoms with van der Waals surface area (Å²) in [7, 11) is 0. The molecule has 1 aliphatic heterocycles. The quantitative estimate of drug-likeness (QED) is 0.707. The zero-order valence-electron chi connectivity index (χ0n) is 13.4. The van der Waals surface area contributed by atoms with Gasteiger partial charge in [0.1, 0.15) is 5.75 Å². The maximum absolute atomic E-state index is 5.78. The van der Waals surface area contributed by atoms with Crippen molar-refractivity contribution >= 4 is 0 Å². The van der Waals surface area contributed by atoms with E-state index in [1.54, 1.807) is 0 Å². The summed E-state index contributed by atoms with van der Waals surface area (Å²) in [6, 6.07) is 8.66. The van der Waals surface area contributed by atoms with E-state index in [4.69, 9.17) is 4.74 Å². The summed E-state index contributed by atoms with van der Waals surface area (Å²) in [4.78, 5) is 2.54. The molecule has 21 heavy (non-hydrogen) atoms. The largest absolute Gasteiger partial charge is 0.494 e. The maximum atomic E-state index is 5.78.